The molecule has 2 aromatic rings. The summed E-state index contributed by atoms with van der Waals surface area (Å²) in [5.41, 5.74) is 0.0579. The van der Waals surface area contributed by atoms with Gasteiger partial charge >= 0.3 is 5.97 Å². The first-order valence-electron chi connectivity index (χ1n) is 6.06. The third-order valence-electron chi connectivity index (χ3n) is 2.89. The Morgan fingerprint density at radius 3 is 2.67 bits per heavy atom. The van der Waals surface area contributed by atoms with Crippen LogP contribution in [0.15, 0.2) is 47.4 Å². The molecule has 0 aliphatic rings. The smallest absolute Gasteiger partial charge is 0.335 e. The normalized spacial score (nSPS) is 11.9. The monoisotopic (exact) mass is 308 g/mol. The summed E-state index contributed by atoms with van der Waals surface area (Å²) >= 11 is 0. The third kappa shape index (κ3) is 3.46. The average Bonchev–Trinajstić information content (AvgIpc) is 2.49. The highest BCUT2D eigenvalue weighted by atomic mass is 32.2. The van der Waals surface area contributed by atoms with Gasteiger partial charge in [0.25, 0.3) is 0 Å². The molecule has 0 fully saturated rings. The van der Waals surface area contributed by atoms with Crippen molar-refractivity contribution < 1.29 is 23.2 Å². The van der Waals surface area contributed by atoms with E-state index in [1.54, 1.807) is 24.3 Å². The van der Waals surface area contributed by atoms with E-state index in [9.17, 15) is 13.4 Å². The van der Waals surface area contributed by atoms with E-state index in [-0.39, 0.29) is 16.9 Å². The number of carboxylic acid groups (broad SMARTS) is 1. The zero-order valence-corrected chi connectivity index (χ0v) is 12.0. The van der Waals surface area contributed by atoms with Gasteiger partial charge in [0, 0.05) is 5.56 Å². The number of benzene rings is 2. The topological polar surface area (TPSA) is 63.6 Å². The molecule has 0 aliphatic carbocycles. The summed E-state index contributed by atoms with van der Waals surface area (Å²) in [6.45, 7) is 0. The van der Waals surface area contributed by atoms with Gasteiger partial charge in [-0.3, -0.25) is 4.21 Å². The van der Waals surface area contributed by atoms with Crippen molar-refractivity contribution in [3.63, 3.8) is 0 Å². The van der Waals surface area contributed by atoms with Crippen molar-refractivity contribution in [3.05, 3.63) is 59.4 Å². The fourth-order valence-corrected chi connectivity index (χ4v) is 3.11. The quantitative estimate of drug-likeness (QED) is 0.922. The third-order valence-corrected chi connectivity index (χ3v) is 4.29. The number of para-hydroxylation sites is 1. The van der Waals surface area contributed by atoms with E-state index in [4.69, 9.17) is 9.84 Å². The van der Waals surface area contributed by atoms with Crippen LogP contribution in [-0.2, 0) is 16.6 Å². The molecule has 110 valence electrons. The second kappa shape index (κ2) is 6.49. The van der Waals surface area contributed by atoms with Crippen molar-refractivity contribution in [2.24, 2.45) is 0 Å². The van der Waals surface area contributed by atoms with Gasteiger partial charge in [0.2, 0.25) is 0 Å². The minimum atomic E-state index is -1.54. The molecule has 0 radical (unpaired) electrons. The first kappa shape index (κ1) is 15.2. The molecular formula is C15H13FO4S. The second-order valence-electron chi connectivity index (χ2n) is 4.25. The lowest BCUT2D eigenvalue weighted by Gasteiger charge is -2.09. The highest BCUT2D eigenvalue weighted by Gasteiger charge is 2.15. The standard InChI is InChI=1S/C15H13FO4S/c1-20-13-4-2-3-5-14(13)21(19)9-11-8-10(15(17)18)6-7-12(11)16/h2-8H,9H2,1H3,(H,17,18). The second-order valence-corrected chi connectivity index (χ2v) is 5.67. The van der Waals surface area contributed by atoms with Gasteiger partial charge in [0.1, 0.15) is 11.6 Å². The Kier molecular flexibility index (Phi) is 4.70. The molecule has 21 heavy (non-hydrogen) atoms. The van der Waals surface area contributed by atoms with Crippen LogP contribution in [0.25, 0.3) is 0 Å². The van der Waals surface area contributed by atoms with Crippen LogP contribution in [0.3, 0.4) is 0 Å². The number of hydrogen-bond acceptors (Lipinski definition) is 3. The lowest BCUT2D eigenvalue weighted by atomic mass is 10.1. The Balaban J connectivity index is 2.31. The highest BCUT2D eigenvalue weighted by Crippen LogP contribution is 2.24. The molecule has 0 aromatic heterocycles. The fraction of sp³-hybridized carbons (Fsp3) is 0.133. The maximum atomic E-state index is 13.7. The van der Waals surface area contributed by atoms with Gasteiger partial charge in [0.15, 0.2) is 0 Å². The summed E-state index contributed by atoms with van der Waals surface area (Å²) in [4.78, 5) is 11.3. The number of halogens is 1. The molecular weight excluding hydrogens is 295 g/mol. The van der Waals surface area contributed by atoms with Gasteiger partial charge < -0.3 is 9.84 Å². The minimum absolute atomic E-state index is 0.0385. The molecule has 0 saturated heterocycles. The van der Waals surface area contributed by atoms with E-state index in [1.165, 1.54) is 19.2 Å². The molecule has 0 heterocycles. The molecule has 4 nitrogen and oxygen atoms in total. The van der Waals surface area contributed by atoms with Crippen LogP contribution in [0.2, 0.25) is 0 Å². The van der Waals surface area contributed by atoms with Crippen molar-refractivity contribution in [2.75, 3.05) is 7.11 Å². The number of carbonyl (C=O) groups is 1. The van der Waals surface area contributed by atoms with Crippen molar-refractivity contribution in [3.8, 4) is 5.75 Å². The van der Waals surface area contributed by atoms with Gasteiger partial charge in [-0.1, -0.05) is 12.1 Å². The van der Waals surface area contributed by atoms with E-state index >= 15 is 0 Å². The summed E-state index contributed by atoms with van der Waals surface area (Å²) < 4.78 is 31.2. The molecule has 0 bridgehead atoms. The van der Waals surface area contributed by atoms with E-state index in [2.05, 4.69) is 0 Å². The number of hydrogen-bond donors (Lipinski definition) is 1. The van der Waals surface area contributed by atoms with Gasteiger partial charge in [0.05, 0.1) is 34.1 Å². The predicted molar refractivity (Wildman–Crippen MR) is 76.5 cm³/mol. The van der Waals surface area contributed by atoms with E-state index < -0.39 is 22.6 Å². The maximum Gasteiger partial charge on any atom is 0.335 e. The minimum Gasteiger partial charge on any atom is -0.495 e. The van der Waals surface area contributed by atoms with Gasteiger partial charge in [-0.15, -0.1) is 0 Å². The first-order chi connectivity index (χ1) is 10.0. The lowest BCUT2D eigenvalue weighted by Crippen LogP contribution is -2.04. The van der Waals surface area contributed by atoms with E-state index in [0.717, 1.165) is 6.07 Å². The van der Waals surface area contributed by atoms with Crippen LogP contribution in [0, 0.1) is 5.82 Å². The summed E-state index contributed by atoms with van der Waals surface area (Å²) in [5.74, 6) is -1.40. The Bertz CT molecular complexity index is 700. The van der Waals surface area contributed by atoms with E-state index in [0.29, 0.717) is 10.6 Å². The van der Waals surface area contributed by atoms with E-state index in [1.807, 2.05) is 0 Å². The van der Waals surface area contributed by atoms with Crippen LogP contribution in [0.5, 0.6) is 5.75 Å². The van der Waals surface area contributed by atoms with Crippen LogP contribution < -0.4 is 4.74 Å². The highest BCUT2D eigenvalue weighted by molar-refractivity contribution is 7.84. The Labute approximate surface area is 123 Å². The van der Waals surface area contributed by atoms with Crippen molar-refractivity contribution in [1.29, 1.82) is 0 Å². The van der Waals surface area contributed by atoms with Gasteiger partial charge in [-0.05, 0) is 30.3 Å². The molecule has 2 rings (SSSR count). The Hall–Kier alpha value is -2.21. The molecule has 1 atom stereocenters. The Morgan fingerprint density at radius 2 is 2.00 bits per heavy atom. The molecule has 2 aromatic carbocycles. The molecule has 1 unspecified atom stereocenters. The van der Waals surface area contributed by atoms with Gasteiger partial charge in [-0.2, -0.15) is 0 Å². The SMILES string of the molecule is COc1ccccc1S(=O)Cc1cc(C(=O)O)ccc1F. The number of methoxy groups -OCH3 is 1. The largest absolute Gasteiger partial charge is 0.495 e. The van der Waals surface area contributed by atoms with Crippen LogP contribution in [0.4, 0.5) is 4.39 Å². The average molecular weight is 308 g/mol. The molecule has 1 N–H and O–H groups in total. The van der Waals surface area contributed by atoms with Crippen molar-refractivity contribution in [1.82, 2.24) is 0 Å². The Morgan fingerprint density at radius 1 is 1.29 bits per heavy atom. The number of aromatic carboxylic acids is 1. The van der Waals surface area contributed by atoms with Crippen LogP contribution in [0.1, 0.15) is 15.9 Å². The molecule has 0 aliphatic heterocycles. The van der Waals surface area contributed by atoms with Crippen molar-refractivity contribution >= 4 is 16.8 Å². The maximum absolute atomic E-state index is 13.7. The summed E-state index contributed by atoms with van der Waals surface area (Å²) in [5, 5.41) is 8.92. The first-order valence-corrected chi connectivity index (χ1v) is 7.38. The molecule has 0 amide bonds. The molecule has 6 heteroatoms. The summed E-state index contributed by atoms with van der Waals surface area (Å²) in [6, 6.07) is 10.2. The molecule has 0 spiro atoms. The van der Waals surface area contributed by atoms with Gasteiger partial charge in [-0.25, -0.2) is 9.18 Å². The predicted octanol–water partition coefficient (Wildman–Crippen LogP) is 2.84. The lowest BCUT2D eigenvalue weighted by molar-refractivity contribution is 0.0696. The number of carboxylic acids is 1. The summed E-state index contributed by atoms with van der Waals surface area (Å²) in [6.07, 6.45) is 0. The number of rotatable bonds is 5. The zero-order valence-electron chi connectivity index (χ0n) is 11.2. The van der Waals surface area contributed by atoms with Crippen LogP contribution in [-0.4, -0.2) is 22.4 Å². The van der Waals surface area contributed by atoms with Crippen LogP contribution >= 0.6 is 0 Å². The summed E-state index contributed by atoms with van der Waals surface area (Å²) in [7, 11) is -0.0755. The molecule has 0 saturated carbocycles. The zero-order chi connectivity index (χ0) is 15.4. The fourth-order valence-electron chi connectivity index (χ4n) is 1.84. The number of ether oxygens (including phenoxy) is 1. The van der Waals surface area contributed by atoms with Crippen molar-refractivity contribution in [2.45, 2.75) is 10.6 Å².